The molecular weight excluding hydrogens is 356 g/mol. The van der Waals surface area contributed by atoms with Crippen LogP contribution in [0, 0.1) is 0 Å². The second-order valence-corrected chi connectivity index (χ2v) is 8.75. The molecule has 146 valence electrons. The molecule has 0 fully saturated rings. The number of allylic oxidation sites excluding steroid dienone is 1. The molecule has 0 unspecified atom stereocenters. The average Bonchev–Trinajstić information content (AvgIpc) is 3.18. The van der Waals surface area contributed by atoms with Gasteiger partial charge in [-0.3, -0.25) is 0 Å². The average molecular weight is 384 g/mol. The minimum Gasteiger partial charge on any atom is -0.459 e. The van der Waals surface area contributed by atoms with E-state index in [0.717, 1.165) is 17.6 Å². The van der Waals surface area contributed by atoms with Crippen LogP contribution in [0.25, 0.3) is 6.08 Å². The summed E-state index contributed by atoms with van der Waals surface area (Å²) in [6.45, 7) is 3.22. The van der Waals surface area contributed by atoms with E-state index in [0.29, 0.717) is 36.4 Å². The highest BCUT2D eigenvalue weighted by molar-refractivity contribution is 7.92. The quantitative estimate of drug-likeness (QED) is 0.563. The van der Waals surface area contributed by atoms with Crippen LogP contribution in [-0.4, -0.2) is 47.5 Å². The lowest BCUT2D eigenvalue weighted by molar-refractivity contribution is 0.188. The van der Waals surface area contributed by atoms with Gasteiger partial charge in [-0.25, -0.2) is 8.42 Å². The number of aliphatic hydroxyl groups excluding tert-OH is 3. The first kappa shape index (κ1) is 20.9. The first-order chi connectivity index (χ1) is 12.4. The highest BCUT2D eigenvalue weighted by Crippen LogP contribution is 2.33. The fourth-order valence-electron chi connectivity index (χ4n) is 3.40. The number of furan rings is 1. The smallest absolute Gasteiger partial charge is 0.163 e. The van der Waals surface area contributed by atoms with Gasteiger partial charge in [-0.05, 0) is 49.5 Å². The third kappa shape index (κ3) is 4.65. The largest absolute Gasteiger partial charge is 0.459 e. The Bertz CT molecular complexity index is 772. The summed E-state index contributed by atoms with van der Waals surface area (Å²) >= 11 is 0. The van der Waals surface area contributed by atoms with Gasteiger partial charge >= 0.3 is 0 Å². The zero-order chi connectivity index (χ0) is 19.3. The number of rotatable bonds is 9. The predicted octanol–water partition coefficient (Wildman–Crippen LogP) is 2.20. The number of aliphatic hydroxyl groups is 3. The van der Waals surface area contributed by atoms with Crippen LogP contribution >= 0.6 is 0 Å². The monoisotopic (exact) mass is 384 g/mol. The van der Waals surface area contributed by atoms with Crippen LogP contribution in [0.5, 0.6) is 0 Å². The molecule has 0 spiro atoms. The van der Waals surface area contributed by atoms with E-state index >= 15 is 0 Å². The highest BCUT2D eigenvalue weighted by atomic mass is 32.2. The van der Waals surface area contributed by atoms with Crippen molar-refractivity contribution >= 4 is 15.9 Å². The second kappa shape index (κ2) is 8.99. The lowest BCUT2D eigenvalue weighted by Crippen LogP contribution is -2.29. The van der Waals surface area contributed by atoms with Gasteiger partial charge in [-0.2, -0.15) is 0 Å². The highest BCUT2D eigenvalue weighted by Gasteiger charge is 2.40. The molecule has 2 rings (SSSR count). The van der Waals surface area contributed by atoms with Crippen molar-refractivity contribution in [2.24, 2.45) is 0 Å². The molecule has 0 saturated carbocycles. The van der Waals surface area contributed by atoms with Crippen molar-refractivity contribution in [2.75, 3.05) is 12.4 Å². The van der Waals surface area contributed by atoms with Crippen molar-refractivity contribution in [3.63, 3.8) is 0 Å². The van der Waals surface area contributed by atoms with Gasteiger partial charge in [0, 0.05) is 0 Å². The van der Waals surface area contributed by atoms with Gasteiger partial charge in [0.15, 0.2) is 9.84 Å². The number of hydrogen-bond donors (Lipinski definition) is 3. The molecule has 0 radical (unpaired) electrons. The Hall–Kier alpha value is -1.41. The van der Waals surface area contributed by atoms with Crippen LogP contribution in [0.3, 0.4) is 0 Å². The minimum atomic E-state index is -3.42. The lowest BCUT2D eigenvalue weighted by atomic mass is 9.94. The van der Waals surface area contributed by atoms with E-state index in [2.05, 4.69) is 0 Å². The summed E-state index contributed by atoms with van der Waals surface area (Å²) in [6.07, 6.45) is 3.29. The molecule has 0 aromatic carbocycles. The summed E-state index contributed by atoms with van der Waals surface area (Å²) in [5.74, 6) is 1.06. The Morgan fingerprint density at radius 1 is 1.35 bits per heavy atom. The van der Waals surface area contributed by atoms with Crippen LogP contribution in [-0.2, 0) is 16.4 Å². The van der Waals surface area contributed by atoms with Gasteiger partial charge in [0.25, 0.3) is 0 Å². The molecule has 0 saturated heterocycles. The van der Waals surface area contributed by atoms with E-state index in [1.54, 1.807) is 12.1 Å². The van der Waals surface area contributed by atoms with Crippen molar-refractivity contribution in [3.8, 4) is 0 Å². The summed E-state index contributed by atoms with van der Waals surface area (Å²) in [5.41, 5.74) is 2.26. The van der Waals surface area contributed by atoms with E-state index in [1.807, 2.05) is 19.9 Å². The molecular formula is C19H28O6S. The maximum atomic E-state index is 12.2. The van der Waals surface area contributed by atoms with Gasteiger partial charge in [0.2, 0.25) is 0 Å². The van der Waals surface area contributed by atoms with Crippen LogP contribution in [0.2, 0.25) is 0 Å². The minimum absolute atomic E-state index is 0.0755. The van der Waals surface area contributed by atoms with Crippen molar-refractivity contribution in [2.45, 2.75) is 57.5 Å². The number of sulfone groups is 1. The molecule has 1 aromatic rings. The third-order valence-electron chi connectivity index (χ3n) is 4.89. The van der Waals surface area contributed by atoms with Crippen molar-refractivity contribution < 1.29 is 28.2 Å². The maximum Gasteiger partial charge on any atom is 0.163 e. The molecule has 1 aromatic heterocycles. The van der Waals surface area contributed by atoms with Crippen molar-refractivity contribution in [1.82, 2.24) is 0 Å². The third-order valence-corrected chi connectivity index (χ3v) is 6.91. The SMILES string of the molecule is CCC1=C([C@H](O)CC/C(=C/c2ccc(CO)o2)CC)[C@H](CO)S(=O)(=O)C1. The molecule has 26 heavy (non-hydrogen) atoms. The second-order valence-electron chi connectivity index (χ2n) is 6.56. The Kier molecular flexibility index (Phi) is 7.23. The molecule has 1 aliphatic rings. The van der Waals surface area contributed by atoms with Gasteiger partial charge in [-0.15, -0.1) is 0 Å². The molecule has 7 heteroatoms. The van der Waals surface area contributed by atoms with E-state index in [1.165, 1.54) is 0 Å². The van der Waals surface area contributed by atoms with Gasteiger partial charge < -0.3 is 19.7 Å². The van der Waals surface area contributed by atoms with Gasteiger partial charge in [-0.1, -0.05) is 25.0 Å². The number of hydrogen-bond acceptors (Lipinski definition) is 6. The zero-order valence-corrected chi connectivity index (χ0v) is 16.1. The summed E-state index contributed by atoms with van der Waals surface area (Å²) in [6, 6.07) is 3.49. The van der Waals surface area contributed by atoms with Crippen molar-refractivity contribution in [1.29, 1.82) is 0 Å². The fraction of sp³-hybridized carbons (Fsp3) is 0.579. The molecule has 1 aliphatic heterocycles. The van der Waals surface area contributed by atoms with Crippen LogP contribution in [0.15, 0.2) is 33.3 Å². The summed E-state index contributed by atoms with van der Waals surface area (Å²) in [7, 11) is -3.42. The summed E-state index contributed by atoms with van der Waals surface area (Å²) in [5, 5.41) is 28.2. The molecule has 6 nitrogen and oxygen atoms in total. The molecule has 0 amide bonds. The normalized spacial score (nSPS) is 21.4. The van der Waals surface area contributed by atoms with E-state index in [4.69, 9.17) is 9.52 Å². The zero-order valence-electron chi connectivity index (χ0n) is 15.3. The Morgan fingerprint density at radius 3 is 2.62 bits per heavy atom. The Labute approximate surface area is 154 Å². The predicted molar refractivity (Wildman–Crippen MR) is 100 cm³/mol. The first-order valence-electron chi connectivity index (χ1n) is 8.97. The van der Waals surface area contributed by atoms with Crippen LogP contribution < -0.4 is 0 Å². The summed E-state index contributed by atoms with van der Waals surface area (Å²) in [4.78, 5) is 0. The van der Waals surface area contributed by atoms with Crippen LogP contribution in [0.4, 0.5) is 0 Å². The molecule has 2 atom stereocenters. The van der Waals surface area contributed by atoms with Gasteiger partial charge in [0.1, 0.15) is 23.4 Å². The van der Waals surface area contributed by atoms with E-state index in [9.17, 15) is 18.6 Å². The molecule has 0 aliphatic carbocycles. The lowest BCUT2D eigenvalue weighted by Gasteiger charge is -2.19. The van der Waals surface area contributed by atoms with Gasteiger partial charge in [0.05, 0.1) is 18.5 Å². The molecule has 2 heterocycles. The van der Waals surface area contributed by atoms with Crippen molar-refractivity contribution in [3.05, 3.63) is 40.4 Å². The van der Waals surface area contributed by atoms with Crippen LogP contribution in [0.1, 0.15) is 51.1 Å². The standard InChI is InChI=1S/C19H28O6S/c1-3-13(9-15-6-7-16(10-20)25-15)5-8-17(22)19-14(4-2)12-26(23,24)18(19)11-21/h6-7,9,17-18,20-22H,3-5,8,10-12H2,1-2H3/b13-9+/t17-,18+/m1/s1. The maximum absolute atomic E-state index is 12.2. The topological polar surface area (TPSA) is 108 Å². The Balaban J connectivity index is 2.11. The first-order valence-corrected chi connectivity index (χ1v) is 10.7. The van der Waals surface area contributed by atoms with E-state index in [-0.39, 0.29) is 12.4 Å². The fourth-order valence-corrected chi connectivity index (χ4v) is 5.40. The molecule has 3 N–H and O–H groups in total. The van der Waals surface area contributed by atoms with E-state index < -0.39 is 27.8 Å². The molecule has 0 bridgehead atoms. The summed E-state index contributed by atoms with van der Waals surface area (Å²) < 4.78 is 29.8. The Morgan fingerprint density at radius 2 is 2.08 bits per heavy atom.